The lowest BCUT2D eigenvalue weighted by Crippen LogP contribution is -2.82. The molecule has 2 aromatic carbocycles. The van der Waals surface area contributed by atoms with E-state index < -0.39 is 147 Å². The molecule has 0 aromatic heterocycles. The van der Waals surface area contributed by atoms with Crippen LogP contribution in [0.4, 0.5) is 39.5 Å². The number of nitrogens with two attached hydrogens (primary N) is 7. The second-order valence-electron chi connectivity index (χ2n) is 19.8. The molecular weight excluding hydrogens is 1030 g/mol. The number of ketones is 4. The molecule has 0 aliphatic carbocycles. The number of halogens is 9. The maximum Gasteiger partial charge on any atom is 0.453 e. The van der Waals surface area contributed by atoms with Crippen LogP contribution in [0.1, 0.15) is 88.1 Å². The molecule has 1 aliphatic heterocycles. The molecule has 0 bridgehead atoms. The number of hydrogen-bond donors (Lipinski definition) is 9. The Balaban J connectivity index is 2.39. The quantitative estimate of drug-likeness (QED) is 0.0211. The van der Waals surface area contributed by atoms with Crippen LogP contribution in [0.15, 0.2) is 54.6 Å². The van der Waals surface area contributed by atoms with Crippen LogP contribution in [-0.4, -0.2) is 123 Å². The van der Waals surface area contributed by atoms with Gasteiger partial charge in [-0.3, -0.25) is 28.8 Å². The molecule has 418 valence electrons. The zero-order valence-electron chi connectivity index (χ0n) is 41.6. The van der Waals surface area contributed by atoms with Gasteiger partial charge < -0.3 is 59.8 Å². The number of Topliss-reactive ketones (excluding diaryl/α,β-unsaturated/α-hetero) is 4. The van der Waals surface area contributed by atoms with Gasteiger partial charge in [0.15, 0.2) is 17.1 Å². The van der Waals surface area contributed by atoms with E-state index in [9.17, 15) is 68.3 Å². The average molecular weight is 1090 g/mol. The Hall–Kier alpha value is -5.99. The summed E-state index contributed by atoms with van der Waals surface area (Å²) in [5, 5.41) is 2.28. The summed E-state index contributed by atoms with van der Waals surface area (Å²) in [7, 11) is 0. The summed E-state index contributed by atoms with van der Waals surface area (Å²) in [6, 6.07) is 12.3. The number of nitrogens with one attached hydrogen (secondary N) is 2. The van der Waals surface area contributed by atoms with Crippen molar-refractivity contribution in [1.29, 1.82) is 0 Å². The molecule has 1 fully saturated rings. The van der Waals surface area contributed by atoms with Gasteiger partial charge in [0.05, 0.1) is 17.0 Å². The van der Waals surface area contributed by atoms with Crippen LogP contribution in [0.2, 0.25) is 0 Å². The number of benzene rings is 2. The van der Waals surface area contributed by atoms with Crippen molar-refractivity contribution in [3.05, 3.63) is 71.3 Å². The highest BCUT2D eigenvalue weighted by Gasteiger charge is 2.73. The molecule has 3 rings (SSSR count). The van der Waals surface area contributed by atoms with Gasteiger partial charge in [-0.05, 0) is 57.7 Å². The van der Waals surface area contributed by atoms with E-state index in [1.165, 1.54) is 0 Å². The molecule has 1 amide bonds. The number of amides is 1. The first-order valence-electron chi connectivity index (χ1n) is 22.1. The predicted molar refractivity (Wildman–Crippen MR) is 242 cm³/mol. The van der Waals surface area contributed by atoms with E-state index in [-0.39, 0.29) is 12.2 Å². The molecule has 16 N–H and O–H groups in total. The molecular formula is C45H59F9N10O11. The number of hydrogen-bond acceptors (Lipinski definition) is 20. The van der Waals surface area contributed by atoms with Crippen molar-refractivity contribution in [3.8, 4) is 0 Å². The summed E-state index contributed by atoms with van der Waals surface area (Å²) >= 11 is 0. The highest BCUT2D eigenvalue weighted by atomic mass is 19.4. The van der Waals surface area contributed by atoms with E-state index in [0.717, 1.165) is 38.1 Å². The Bertz CT molecular complexity index is 2540. The number of alkyl halides is 9. The lowest BCUT2D eigenvalue weighted by molar-refractivity contribution is -0.237. The topological polar surface area (TPSA) is 374 Å². The first-order chi connectivity index (χ1) is 33.7. The van der Waals surface area contributed by atoms with Gasteiger partial charge in [-0.2, -0.15) is 39.5 Å². The zero-order chi connectivity index (χ0) is 58.3. The molecule has 3 atom stereocenters. The van der Waals surface area contributed by atoms with Crippen LogP contribution < -0.4 is 50.9 Å². The van der Waals surface area contributed by atoms with E-state index in [1.54, 1.807) is 35.8 Å². The van der Waals surface area contributed by atoms with Gasteiger partial charge in [0.1, 0.15) is 24.4 Å². The highest BCUT2D eigenvalue weighted by Crippen LogP contribution is 2.50. The Morgan fingerprint density at radius 2 is 1.12 bits per heavy atom. The maximum absolute atomic E-state index is 15.2. The molecule has 1 unspecified atom stereocenters. The minimum atomic E-state index is -5.89. The van der Waals surface area contributed by atoms with Crippen LogP contribution in [-0.2, 0) is 49.7 Å². The van der Waals surface area contributed by atoms with Gasteiger partial charge in [0.2, 0.25) is 0 Å². The van der Waals surface area contributed by atoms with Gasteiger partial charge in [0.25, 0.3) is 29.0 Å². The number of hydroxylamine groups is 1. The minimum absolute atomic E-state index is 0.144. The van der Waals surface area contributed by atoms with Crippen LogP contribution in [0.25, 0.3) is 0 Å². The summed E-state index contributed by atoms with van der Waals surface area (Å²) in [4.78, 5) is 115. The summed E-state index contributed by atoms with van der Waals surface area (Å²) < 4.78 is 137. The number of esters is 2. The first kappa shape index (κ1) is 63.3. The minimum Gasteiger partial charge on any atom is -0.460 e. The van der Waals surface area contributed by atoms with Gasteiger partial charge in [-0.1, -0.05) is 70.2 Å². The normalized spacial score (nSPS) is 18.4. The highest BCUT2D eigenvalue weighted by molar-refractivity contribution is 6.05. The second-order valence-corrected chi connectivity index (χ2v) is 19.8. The largest absolute Gasteiger partial charge is 0.460 e. The molecule has 1 saturated heterocycles. The number of ether oxygens (including phenoxy) is 2. The molecule has 30 heteroatoms. The SMILES string of the molecule is CC(C)[C@](N)(C(=O)O[C@]1(C(=O)ONC(C)(C)C(N)(N)C(=O)C(F)(F)F)C(C(=O)c2ccc(C(=O)NCC(=O)OCc3ccccc3)cc2)CCN1C(C)(C)C(N)(N)C(=O)C(F)(F)F)C(C)(C)C(N)(N)C(=O)C(F)(F)F. The van der Waals surface area contributed by atoms with Crippen molar-refractivity contribution >= 4 is 46.9 Å². The van der Waals surface area contributed by atoms with Crippen molar-refractivity contribution in [1.82, 2.24) is 15.7 Å². The van der Waals surface area contributed by atoms with Crippen LogP contribution in [0, 0.1) is 17.3 Å². The molecule has 2 aromatic rings. The van der Waals surface area contributed by atoms with E-state index in [4.69, 9.17) is 54.4 Å². The van der Waals surface area contributed by atoms with E-state index in [2.05, 4.69) is 5.32 Å². The molecule has 0 radical (unpaired) electrons. The Morgan fingerprint density at radius 3 is 1.59 bits per heavy atom. The van der Waals surface area contributed by atoms with Gasteiger partial charge in [-0.25, -0.2) is 14.5 Å². The molecule has 75 heavy (non-hydrogen) atoms. The smallest absolute Gasteiger partial charge is 0.453 e. The lowest BCUT2D eigenvalue weighted by Gasteiger charge is -2.55. The summed E-state index contributed by atoms with van der Waals surface area (Å²) in [5.41, 5.74) is 16.2. The van der Waals surface area contributed by atoms with E-state index in [0.29, 0.717) is 52.0 Å². The standard InChI is InChI=1S/C45H59F9N10O11/c1-22(2)38(55,35(3,4)40(56,57)30(68)43(46,47)48)33(71)74-39(34(72)75-63-36(5,6)41(58,59)31(69)44(49,50)51)26(18-19-64(39)37(7,8)42(60,61)32(70)45(52,53)54)28(66)24-14-16-25(17-15-24)29(67)62-20-27(65)73-21-23-12-10-9-11-13-23/h9-17,22,26,63H,18-21,55-61H2,1-8H3,(H,62,67)/t26?,38-,39-/m0/s1. The fourth-order valence-corrected chi connectivity index (χ4v) is 8.15. The number of carbonyl (C=O) groups excluding carboxylic acids is 8. The van der Waals surface area contributed by atoms with Crippen molar-refractivity contribution in [2.75, 3.05) is 13.1 Å². The van der Waals surface area contributed by atoms with Gasteiger partial charge in [0, 0.05) is 23.1 Å². The van der Waals surface area contributed by atoms with Crippen LogP contribution in [0.5, 0.6) is 0 Å². The third-order valence-corrected chi connectivity index (χ3v) is 13.8. The summed E-state index contributed by atoms with van der Waals surface area (Å²) in [6.07, 6.45) is -18.4. The van der Waals surface area contributed by atoms with Crippen LogP contribution in [0.3, 0.4) is 0 Å². The average Bonchev–Trinajstić information content (AvgIpc) is 3.69. The fourth-order valence-electron chi connectivity index (χ4n) is 8.15. The maximum atomic E-state index is 15.2. The third-order valence-electron chi connectivity index (χ3n) is 13.8. The molecule has 1 heterocycles. The number of nitrogens with zero attached hydrogens (tertiary/aromatic N) is 1. The van der Waals surface area contributed by atoms with Crippen molar-refractivity contribution in [2.24, 2.45) is 57.4 Å². The van der Waals surface area contributed by atoms with Gasteiger partial charge >= 0.3 is 36.4 Å². The second kappa shape index (κ2) is 21.2. The zero-order valence-corrected chi connectivity index (χ0v) is 41.6. The van der Waals surface area contributed by atoms with Gasteiger partial charge in [-0.15, -0.1) is 5.48 Å². The fraction of sp³-hybridized carbons (Fsp3) is 0.556. The third kappa shape index (κ3) is 11.9. The van der Waals surface area contributed by atoms with E-state index >= 15 is 9.59 Å². The predicted octanol–water partition coefficient (Wildman–Crippen LogP) is 1.12. The lowest BCUT2D eigenvalue weighted by atomic mass is 9.59. The Labute approximate surface area is 422 Å². The van der Waals surface area contributed by atoms with E-state index in [1.807, 2.05) is 0 Å². The molecule has 1 aliphatic rings. The van der Waals surface area contributed by atoms with Crippen LogP contribution >= 0.6 is 0 Å². The van der Waals surface area contributed by atoms with Crippen molar-refractivity contribution in [2.45, 2.75) is 126 Å². The van der Waals surface area contributed by atoms with Crippen molar-refractivity contribution in [3.63, 3.8) is 0 Å². The number of rotatable bonds is 21. The number of carbonyl (C=O) groups is 8. The van der Waals surface area contributed by atoms with Crippen molar-refractivity contribution < 1.29 is 92.2 Å². The first-order valence-corrected chi connectivity index (χ1v) is 22.1. The molecule has 21 nitrogen and oxygen atoms in total. The summed E-state index contributed by atoms with van der Waals surface area (Å²) in [5.74, 6) is -20.2. The monoisotopic (exact) mass is 1090 g/mol. The Morgan fingerprint density at radius 1 is 0.667 bits per heavy atom. The summed E-state index contributed by atoms with van der Waals surface area (Å²) in [6.45, 7) is 4.31. The Kier molecular flexibility index (Phi) is 17.9. The molecule has 0 saturated carbocycles. The number of likely N-dealkylation sites (tertiary alicyclic amines) is 1. The molecule has 0 spiro atoms.